The Balaban J connectivity index is 2.21. The van der Waals surface area contributed by atoms with E-state index in [-0.39, 0.29) is 21.4 Å². The third-order valence-electron chi connectivity index (χ3n) is 4.10. The van der Waals surface area contributed by atoms with Crippen molar-refractivity contribution in [3.8, 4) is 0 Å². The molecule has 1 amide bonds. The smallest absolute Gasteiger partial charge is 0.264 e. The molecule has 0 unspecified atom stereocenters. The van der Waals surface area contributed by atoms with Gasteiger partial charge in [-0.05, 0) is 69.5 Å². The van der Waals surface area contributed by atoms with Gasteiger partial charge in [0.1, 0.15) is 0 Å². The fourth-order valence-corrected chi connectivity index (χ4v) is 4.00. The highest BCUT2D eigenvalue weighted by atomic mass is 35.5. The molecule has 9 heteroatoms. The number of benzene rings is 2. The van der Waals surface area contributed by atoms with Crippen LogP contribution in [0, 0.1) is 0 Å². The Morgan fingerprint density at radius 1 is 1.04 bits per heavy atom. The highest BCUT2D eigenvalue weighted by molar-refractivity contribution is 7.92. The average molecular weight is 444 g/mol. The maximum absolute atomic E-state index is 12.8. The largest absolute Gasteiger partial charge is 0.352 e. The molecule has 0 aliphatic carbocycles. The highest BCUT2D eigenvalue weighted by Crippen LogP contribution is 2.27. The normalized spacial score (nSPS) is 11.5. The lowest BCUT2D eigenvalue weighted by Crippen LogP contribution is -2.29. The lowest BCUT2D eigenvalue weighted by atomic mass is 10.2. The molecule has 0 fully saturated rings. The predicted molar refractivity (Wildman–Crippen MR) is 114 cm³/mol. The first kappa shape index (κ1) is 22.5. The first-order chi connectivity index (χ1) is 13.1. The van der Waals surface area contributed by atoms with Crippen molar-refractivity contribution in [3.05, 3.63) is 58.1 Å². The Morgan fingerprint density at radius 2 is 1.68 bits per heavy atom. The summed E-state index contributed by atoms with van der Waals surface area (Å²) in [6.45, 7) is 1.34. The van der Waals surface area contributed by atoms with Crippen molar-refractivity contribution >= 4 is 44.8 Å². The minimum Gasteiger partial charge on any atom is -0.352 e. The molecule has 0 spiro atoms. The number of amides is 1. The van der Waals surface area contributed by atoms with E-state index in [2.05, 4.69) is 5.32 Å². The zero-order valence-corrected chi connectivity index (χ0v) is 18.3. The first-order valence-electron chi connectivity index (χ1n) is 8.60. The van der Waals surface area contributed by atoms with Crippen molar-refractivity contribution in [1.82, 2.24) is 10.2 Å². The number of carbonyl (C=O) groups excluding carboxylic acids is 1. The lowest BCUT2D eigenvalue weighted by molar-refractivity contribution is 0.0952. The second kappa shape index (κ2) is 9.60. The maximum Gasteiger partial charge on any atom is 0.264 e. The molecule has 1 N–H and O–H groups in total. The summed E-state index contributed by atoms with van der Waals surface area (Å²) in [6, 6.07) is 10.4. The van der Waals surface area contributed by atoms with E-state index in [0.29, 0.717) is 17.3 Å². The highest BCUT2D eigenvalue weighted by Gasteiger charge is 2.23. The molecular formula is C19H23Cl2N3O3S. The molecule has 0 saturated carbocycles. The summed E-state index contributed by atoms with van der Waals surface area (Å²) in [5, 5.41) is 3.51. The van der Waals surface area contributed by atoms with Crippen molar-refractivity contribution in [3.63, 3.8) is 0 Å². The number of nitrogens with one attached hydrogen (secondary N) is 1. The Hall–Kier alpha value is -1.80. The molecule has 0 heterocycles. The van der Waals surface area contributed by atoms with Crippen molar-refractivity contribution in [2.24, 2.45) is 0 Å². The minimum absolute atomic E-state index is 0.101. The van der Waals surface area contributed by atoms with Gasteiger partial charge in [0.15, 0.2) is 0 Å². The van der Waals surface area contributed by atoms with Crippen molar-refractivity contribution in [2.45, 2.75) is 11.3 Å². The van der Waals surface area contributed by atoms with Gasteiger partial charge in [-0.1, -0.05) is 23.2 Å². The van der Waals surface area contributed by atoms with Gasteiger partial charge in [0.2, 0.25) is 0 Å². The second-order valence-corrected chi connectivity index (χ2v) is 9.32. The van der Waals surface area contributed by atoms with E-state index in [9.17, 15) is 13.2 Å². The number of sulfonamides is 1. The quantitative estimate of drug-likeness (QED) is 0.633. The molecule has 0 aliphatic heterocycles. The Kier molecular flexibility index (Phi) is 7.71. The monoisotopic (exact) mass is 443 g/mol. The summed E-state index contributed by atoms with van der Waals surface area (Å²) < 4.78 is 26.8. The second-order valence-electron chi connectivity index (χ2n) is 6.50. The molecular weight excluding hydrogens is 421 g/mol. The Bertz CT molecular complexity index is 932. The third-order valence-corrected chi connectivity index (χ3v) is 6.48. The summed E-state index contributed by atoms with van der Waals surface area (Å²) in [5.41, 5.74) is 0.556. The number of rotatable bonds is 8. The van der Waals surface area contributed by atoms with Gasteiger partial charge >= 0.3 is 0 Å². The van der Waals surface area contributed by atoms with Crippen LogP contribution in [0.3, 0.4) is 0 Å². The fraction of sp³-hybridized carbons (Fsp3) is 0.316. The van der Waals surface area contributed by atoms with Gasteiger partial charge in [0, 0.05) is 18.6 Å². The average Bonchev–Trinajstić information content (AvgIpc) is 2.65. The summed E-state index contributed by atoms with van der Waals surface area (Å²) in [7, 11) is 1.54. The van der Waals surface area contributed by atoms with Gasteiger partial charge in [-0.3, -0.25) is 9.10 Å². The lowest BCUT2D eigenvalue weighted by Gasteiger charge is -2.20. The van der Waals surface area contributed by atoms with Crippen LogP contribution in [0.2, 0.25) is 10.0 Å². The van der Waals surface area contributed by atoms with Crippen molar-refractivity contribution < 1.29 is 13.2 Å². The number of halogens is 2. The van der Waals surface area contributed by atoms with Crippen LogP contribution >= 0.6 is 23.2 Å². The van der Waals surface area contributed by atoms with Crippen LogP contribution in [0.25, 0.3) is 0 Å². The molecule has 2 aromatic rings. The van der Waals surface area contributed by atoms with Gasteiger partial charge in [0.25, 0.3) is 15.9 Å². The topological polar surface area (TPSA) is 69.7 Å². The summed E-state index contributed by atoms with van der Waals surface area (Å²) in [4.78, 5) is 14.6. The molecule has 0 radical (unpaired) electrons. The van der Waals surface area contributed by atoms with Crippen LogP contribution in [0.15, 0.2) is 47.4 Å². The van der Waals surface area contributed by atoms with Crippen LogP contribution in [0.5, 0.6) is 0 Å². The third kappa shape index (κ3) is 5.61. The van der Waals surface area contributed by atoms with E-state index in [1.165, 1.54) is 43.4 Å². The number of anilines is 1. The maximum atomic E-state index is 12.8. The minimum atomic E-state index is -3.80. The summed E-state index contributed by atoms with van der Waals surface area (Å²) in [6.07, 6.45) is 0.793. The van der Waals surface area contributed by atoms with Crippen LogP contribution in [-0.4, -0.2) is 53.5 Å². The first-order valence-corrected chi connectivity index (χ1v) is 10.8. The molecule has 152 valence electrons. The number of hydrogen-bond donors (Lipinski definition) is 1. The van der Waals surface area contributed by atoms with Crippen LogP contribution in [0.4, 0.5) is 5.69 Å². The van der Waals surface area contributed by atoms with E-state index in [0.717, 1.165) is 17.3 Å². The SMILES string of the molecule is CN(C)CCCNC(=O)c1cc(N(C)S(=O)(=O)c2ccc(Cl)cc2)ccc1Cl. The van der Waals surface area contributed by atoms with Gasteiger partial charge < -0.3 is 10.2 Å². The molecule has 0 aliphatic rings. The van der Waals surface area contributed by atoms with Crippen LogP contribution in [0.1, 0.15) is 16.8 Å². The zero-order chi connectivity index (χ0) is 20.9. The fourth-order valence-electron chi connectivity index (χ4n) is 2.48. The van der Waals surface area contributed by atoms with Crippen molar-refractivity contribution in [1.29, 1.82) is 0 Å². The molecule has 0 atom stereocenters. The number of hydrogen-bond acceptors (Lipinski definition) is 4. The van der Waals surface area contributed by atoms with E-state index in [1.807, 2.05) is 19.0 Å². The van der Waals surface area contributed by atoms with Crippen molar-refractivity contribution in [2.75, 3.05) is 38.5 Å². The molecule has 2 rings (SSSR count). The van der Waals surface area contributed by atoms with Gasteiger partial charge in [-0.25, -0.2) is 8.42 Å². The molecule has 0 aromatic heterocycles. The summed E-state index contributed by atoms with van der Waals surface area (Å²) >= 11 is 12.0. The zero-order valence-electron chi connectivity index (χ0n) is 15.9. The molecule has 28 heavy (non-hydrogen) atoms. The Morgan fingerprint density at radius 3 is 2.29 bits per heavy atom. The molecule has 0 saturated heterocycles. The van der Waals surface area contributed by atoms with Gasteiger partial charge in [-0.2, -0.15) is 0 Å². The number of carbonyl (C=O) groups is 1. The van der Waals surface area contributed by atoms with Gasteiger partial charge in [-0.15, -0.1) is 0 Å². The number of nitrogens with zero attached hydrogens (tertiary/aromatic N) is 2. The van der Waals surface area contributed by atoms with E-state index >= 15 is 0 Å². The molecule has 0 bridgehead atoms. The van der Waals surface area contributed by atoms with Crippen LogP contribution < -0.4 is 9.62 Å². The molecule has 2 aromatic carbocycles. The van der Waals surface area contributed by atoms with E-state index < -0.39 is 10.0 Å². The van der Waals surface area contributed by atoms with E-state index in [1.54, 1.807) is 6.07 Å². The summed E-state index contributed by atoms with van der Waals surface area (Å²) in [5.74, 6) is -0.345. The predicted octanol–water partition coefficient (Wildman–Crippen LogP) is 3.50. The Labute approximate surface area is 176 Å². The van der Waals surface area contributed by atoms with Gasteiger partial charge in [0.05, 0.1) is 21.2 Å². The van der Waals surface area contributed by atoms with E-state index in [4.69, 9.17) is 23.2 Å². The standard InChI is InChI=1S/C19H23Cl2N3O3S/c1-23(2)12-4-11-22-19(25)17-13-15(7-10-18(17)21)24(3)28(26,27)16-8-5-14(20)6-9-16/h5-10,13H,4,11-12H2,1-3H3,(H,22,25). The van der Waals surface area contributed by atoms with Crippen LogP contribution in [-0.2, 0) is 10.0 Å². The molecule has 6 nitrogen and oxygen atoms in total.